The fraction of sp³-hybridized carbons (Fsp3) is 0.269. The summed E-state index contributed by atoms with van der Waals surface area (Å²) >= 11 is 5.11. The molecule has 33 heavy (non-hydrogen) atoms. The van der Waals surface area contributed by atoms with E-state index in [-0.39, 0.29) is 5.04 Å². The molecule has 172 valence electrons. The van der Waals surface area contributed by atoms with E-state index in [9.17, 15) is 0 Å². The fourth-order valence-corrected chi connectivity index (χ4v) is 9.64. The van der Waals surface area contributed by atoms with Gasteiger partial charge in [0.05, 0.1) is 4.70 Å². The SMILES string of the molecule is CC(Br)CNc1cc(O[Si](c2ccccc2)(c2ccccc2)C(C)(C)C)c2nc(N)sc2c1. The first-order valence-electron chi connectivity index (χ1n) is 11.1. The van der Waals surface area contributed by atoms with Crippen LogP contribution in [0.25, 0.3) is 10.2 Å². The van der Waals surface area contributed by atoms with Gasteiger partial charge in [-0.2, -0.15) is 0 Å². The van der Waals surface area contributed by atoms with Crippen molar-refractivity contribution in [3.63, 3.8) is 0 Å². The molecule has 1 aromatic heterocycles. The molecule has 3 N–H and O–H groups in total. The van der Waals surface area contributed by atoms with Crippen molar-refractivity contribution < 1.29 is 4.43 Å². The number of anilines is 2. The molecule has 4 nitrogen and oxygen atoms in total. The number of aromatic nitrogens is 1. The van der Waals surface area contributed by atoms with Crippen molar-refractivity contribution in [2.24, 2.45) is 0 Å². The Bertz CT molecular complexity index is 1180. The molecule has 0 saturated heterocycles. The van der Waals surface area contributed by atoms with Crippen molar-refractivity contribution in [3.05, 3.63) is 72.8 Å². The van der Waals surface area contributed by atoms with E-state index >= 15 is 0 Å². The van der Waals surface area contributed by atoms with Crippen LogP contribution < -0.4 is 25.8 Å². The summed E-state index contributed by atoms with van der Waals surface area (Å²) < 4.78 is 8.31. The molecule has 1 unspecified atom stereocenters. The molecule has 0 aliphatic heterocycles. The first kappa shape index (κ1) is 23.8. The van der Waals surface area contributed by atoms with Gasteiger partial charge in [0.15, 0.2) is 5.13 Å². The third-order valence-corrected chi connectivity index (χ3v) is 11.8. The van der Waals surface area contributed by atoms with Gasteiger partial charge >= 0.3 is 8.32 Å². The quantitative estimate of drug-likeness (QED) is 0.223. The zero-order chi connectivity index (χ0) is 23.6. The maximum Gasteiger partial charge on any atom is 0.320 e. The lowest BCUT2D eigenvalue weighted by atomic mass is 10.2. The average molecular weight is 541 g/mol. The number of fused-ring (bicyclic) bond motifs is 1. The Hall–Kier alpha value is -2.35. The van der Waals surface area contributed by atoms with Crippen molar-refractivity contribution in [2.75, 3.05) is 17.6 Å². The summed E-state index contributed by atoms with van der Waals surface area (Å²) in [5, 5.41) is 6.38. The van der Waals surface area contributed by atoms with Crippen LogP contribution in [0.3, 0.4) is 0 Å². The average Bonchev–Trinajstić information content (AvgIpc) is 3.16. The Morgan fingerprint density at radius 2 is 1.61 bits per heavy atom. The molecule has 0 radical (unpaired) electrons. The second-order valence-electron chi connectivity index (χ2n) is 9.30. The van der Waals surface area contributed by atoms with Crippen LogP contribution in [-0.2, 0) is 0 Å². The van der Waals surface area contributed by atoms with Gasteiger partial charge < -0.3 is 15.5 Å². The molecule has 0 bridgehead atoms. The number of halogens is 1. The van der Waals surface area contributed by atoms with Crippen molar-refractivity contribution in [3.8, 4) is 5.75 Å². The topological polar surface area (TPSA) is 60.2 Å². The zero-order valence-electron chi connectivity index (χ0n) is 19.4. The Balaban J connectivity index is 1.95. The molecule has 1 heterocycles. The Kier molecular flexibility index (Phi) is 6.84. The van der Waals surface area contributed by atoms with Crippen LogP contribution >= 0.6 is 27.3 Å². The number of nitrogens with one attached hydrogen (secondary N) is 1. The summed E-state index contributed by atoms with van der Waals surface area (Å²) in [5.74, 6) is 0.777. The number of nitrogens with zero attached hydrogens (tertiary/aromatic N) is 1. The van der Waals surface area contributed by atoms with Crippen LogP contribution in [-0.4, -0.2) is 24.7 Å². The number of hydrogen-bond donors (Lipinski definition) is 2. The Morgan fingerprint density at radius 1 is 1.03 bits per heavy atom. The van der Waals surface area contributed by atoms with E-state index in [1.165, 1.54) is 21.7 Å². The van der Waals surface area contributed by atoms with Gasteiger partial charge in [0, 0.05) is 23.1 Å². The van der Waals surface area contributed by atoms with Crippen molar-refractivity contribution in [1.29, 1.82) is 0 Å². The van der Waals surface area contributed by atoms with E-state index in [0.29, 0.717) is 9.96 Å². The van der Waals surface area contributed by atoms with Crippen LogP contribution in [0, 0.1) is 0 Å². The molecule has 3 aromatic carbocycles. The summed E-state index contributed by atoms with van der Waals surface area (Å²) in [6, 6.07) is 25.5. The van der Waals surface area contributed by atoms with E-state index in [2.05, 4.69) is 127 Å². The summed E-state index contributed by atoms with van der Waals surface area (Å²) in [6.07, 6.45) is 0. The number of alkyl halides is 1. The molecule has 0 amide bonds. The van der Waals surface area contributed by atoms with Gasteiger partial charge in [0.2, 0.25) is 0 Å². The van der Waals surface area contributed by atoms with Crippen LogP contribution in [0.5, 0.6) is 5.75 Å². The number of hydrogen-bond acceptors (Lipinski definition) is 5. The van der Waals surface area contributed by atoms with Gasteiger partial charge in [-0.05, 0) is 21.5 Å². The minimum Gasteiger partial charge on any atom is -0.532 e. The highest BCUT2D eigenvalue weighted by molar-refractivity contribution is 9.09. The highest BCUT2D eigenvalue weighted by Crippen LogP contribution is 2.41. The maximum atomic E-state index is 7.29. The van der Waals surface area contributed by atoms with E-state index < -0.39 is 8.32 Å². The minimum absolute atomic E-state index is 0.141. The van der Waals surface area contributed by atoms with Gasteiger partial charge in [-0.3, -0.25) is 0 Å². The highest BCUT2D eigenvalue weighted by Gasteiger charge is 2.52. The molecule has 0 spiro atoms. The van der Waals surface area contributed by atoms with Crippen molar-refractivity contribution in [2.45, 2.75) is 37.6 Å². The van der Waals surface area contributed by atoms with E-state index in [1.807, 2.05) is 0 Å². The third kappa shape index (κ3) is 4.81. The van der Waals surface area contributed by atoms with E-state index in [1.54, 1.807) is 0 Å². The first-order valence-corrected chi connectivity index (χ1v) is 14.7. The zero-order valence-corrected chi connectivity index (χ0v) is 22.8. The molecule has 1 atom stereocenters. The van der Waals surface area contributed by atoms with Crippen LogP contribution in [0.4, 0.5) is 10.8 Å². The van der Waals surface area contributed by atoms with Gasteiger partial charge in [-0.1, -0.05) is 116 Å². The molecule has 4 aromatic rings. The summed E-state index contributed by atoms with van der Waals surface area (Å²) in [4.78, 5) is 5.01. The summed E-state index contributed by atoms with van der Waals surface area (Å²) in [5.41, 5.74) is 7.97. The molecule has 4 rings (SSSR count). The standard InChI is InChI=1S/C26H30BrN3OSSi/c1-18(27)17-29-19-15-22(24-23(16-19)32-25(28)30-24)31-33(26(2,3)4,20-11-7-5-8-12-20)21-13-9-6-10-14-21/h5-16,18,29H,17H2,1-4H3,(H2,28,30). The van der Waals surface area contributed by atoms with Crippen LogP contribution in [0.15, 0.2) is 72.8 Å². The fourth-order valence-electron chi connectivity index (χ4n) is 4.27. The molecule has 0 saturated carbocycles. The molecule has 0 aliphatic rings. The summed E-state index contributed by atoms with van der Waals surface area (Å²) in [7, 11) is -2.78. The van der Waals surface area contributed by atoms with Crippen LogP contribution in [0.2, 0.25) is 5.04 Å². The van der Waals surface area contributed by atoms with E-state index in [0.717, 1.165) is 28.2 Å². The normalized spacial score (nSPS) is 13.1. The molecule has 0 aliphatic carbocycles. The predicted molar refractivity (Wildman–Crippen MR) is 149 cm³/mol. The lowest BCUT2D eigenvalue weighted by molar-refractivity contribution is 0.512. The lowest BCUT2D eigenvalue weighted by Gasteiger charge is -2.43. The van der Waals surface area contributed by atoms with Gasteiger partial charge in [0.25, 0.3) is 0 Å². The van der Waals surface area contributed by atoms with Crippen molar-refractivity contribution >= 4 is 67.0 Å². The monoisotopic (exact) mass is 539 g/mol. The third-order valence-electron chi connectivity index (χ3n) is 5.74. The molecule has 0 fully saturated rings. The number of nitrogen functional groups attached to an aromatic ring is 1. The van der Waals surface area contributed by atoms with E-state index in [4.69, 9.17) is 10.2 Å². The Morgan fingerprint density at radius 3 is 2.12 bits per heavy atom. The summed E-state index contributed by atoms with van der Waals surface area (Å²) in [6.45, 7) is 9.76. The lowest BCUT2D eigenvalue weighted by Crippen LogP contribution is -2.68. The predicted octanol–water partition coefficient (Wildman–Crippen LogP) is 6.01. The van der Waals surface area contributed by atoms with Crippen LogP contribution in [0.1, 0.15) is 27.7 Å². The number of rotatable bonds is 7. The Labute approximate surface area is 209 Å². The van der Waals surface area contributed by atoms with Gasteiger partial charge in [-0.15, -0.1) is 0 Å². The largest absolute Gasteiger partial charge is 0.532 e. The molecular formula is C26H30BrN3OSSi. The maximum absolute atomic E-state index is 7.29. The second kappa shape index (κ2) is 9.48. The van der Waals surface area contributed by atoms with Crippen molar-refractivity contribution in [1.82, 2.24) is 4.98 Å². The minimum atomic E-state index is -2.78. The first-order chi connectivity index (χ1) is 15.7. The van der Waals surface area contributed by atoms with Gasteiger partial charge in [0.1, 0.15) is 11.3 Å². The molecular weight excluding hydrogens is 510 g/mol. The second-order valence-corrected chi connectivity index (χ2v) is 16.1. The smallest absolute Gasteiger partial charge is 0.320 e. The van der Waals surface area contributed by atoms with Gasteiger partial charge in [-0.25, -0.2) is 4.98 Å². The molecule has 7 heteroatoms. The number of nitrogens with two attached hydrogens (primary N) is 1. The number of thiazole rings is 1. The highest BCUT2D eigenvalue weighted by atomic mass is 79.9. The number of benzene rings is 3.